The standard InChI is InChI=1S/C14H20N2O3/c1-18-13(17)16-10-5-6-12(16)11(9-10)14(19-2)7-3-4-8-15-14/h3-4,7-8,10-12,15H,5-6,9H2,1-2H3. The first-order valence-corrected chi connectivity index (χ1v) is 6.75. The molecule has 3 aliphatic rings. The lowest BCUT2D eigenvalue weighted by Crippen LogP contribution is -2.54. The maximum atomic E-state index is 11.9. The van der Waals surface area contributed by atoms with Gasteiger partial charge < -0.3 is 19.7 Å². The minimum absolute atomic E-state index is 0.195. The Kier molecular flexibility index (Phi) is 3.01. The van der Waals surface area contributed by atoms with Crippen LogP contribution in [0.15, 0.2) is 24.4 Å². The first kappa shape index (κ1) is 12.5. The highest BCUT2D eigenvalue weighted by atomic mass is 16.5. The SMILES string of the molecule is COC(=O)N1C2CCC1C(C1(OC)C=CC=CN1)C2. The Morgan fingerprint density at radius 1 is 1.37 bits per heavy atom. The first-order chi connectivity index (χ1) is 9.22. The van der Waals surface area contributed by atoms with Crippen LogP contribution in [0.5, 0.6) is 0 Å². The van der Waals surface area contributed by atoms with Crippen molar-refractivity contribution in [2.24, 2.45) is 5.92 Å². The summed E-state index contributed by atoms with van der Waals surface area (Å²) in [6.07, 6.45) is 10.7. The summed E-state index contributed by atoms with van der Waals surface area (Å²) in [4.78, 5) is 13.8. The van der Waals surface area contributed by atoms with Crippen LogP contribution in [0.4, 0.5) is 4.79 Å². The zero-order valence-corrected chi connectivity index (χ0v) is 11.3. The number of rotatable bonds is 2. The van der Waals surface area contributed by atoms with Crippen molar-refractivity contribution in [3.05, 3.63) is 24.4 Å². The van der Waals surface area contributed by atoms with Gasteiger partial charge in [0.05, 0.1) is 7.11 Å². The molecule has 19 heavy (non-hydrogen) atoms. The van der Waals surface area contributed by atoms with Gasteiger partial charge in [-0.3, -0.25) is 0 Å². The van der Waals surface area contributed by atoms with Crippen LogP contribution in [-0.2, 0) is 9.47 Å². The molecule has 0 aromatic rings. The number of carbonyl (C=O) groups is 1. The highest BCUT2D eigenvalue weighted by Crippen LogP contribution is 2.47. The van der Waals surface area contributed by atoms with E-state index in [1.165, 1.54) is 7.11 Å². The van der Waals surface area contributed by atoms with E-state index in [9.17, 15) is 4.79 Å². The molecule has 0 aliphatic carbocycles. The molecule has 2 saturated heterocycles. The fourth-order valence-corrected chi connectivity index (χ4v) is 3.83. The minimum atomic E-state index is -0.499. The number of amides is 1. The Hall–Kier alpha value is -1.49. The third kappa shape index (κ3) is 1.75. The number of nitrogens with zero attached hydrogens (tertiary/aromatic N) is 1. The maximum absolute atomic E-state index is 11.9. The van der Waals surface area contributed by atoms with Gasteiger partial charge in [0.2, 0.25) is 0 Å². The number of dihydropyridines is 1. The van der Waals surface area contributed by atoms with E-state index in [0.717, 1.165) is 19.3 Å². The van der Waals surface area contributed by atoms with E-state index >= 15 is 0 Å². The first-order valence-electron chi connectivity index (χ1n) is 6.75. The summed E-state index contributed by atoms with van der Waals surface area (Å²) in [5.41, 5.74) is -0.499. The molecule has 0 radical (unpaired) electrons. The number of nitrogens with one attached hydrogen (secondary N) is 1. The van der Waals surface area contributed by atoms with Crippen LogP contribution in [-0.4, -0.2) is 43.0 Å². The van der Waals surface area contributed by atoms with Crippen molar-refractivity contribution >= 4 is 6.09 Å². The molecule has 0 aromatic carbocycles. The molecule has 0 spiro atoms. The molecule has 0 saturated carbocycles. The van der Waals surface area contributed by atoms with Crippen LogP contribution in [0.25, 0.3) is 0 Å². The molecule has 104 valence electrons. The third-order valence-electron chi connectivity index (χ3n) is 4.67. The van der Waals surface area contributed by atoms with Crippen LogP contribution in [0.3, 0.4) is 0 Å². The normalized spacial score (nSPS) is 39.5. The molecule has 2 fully saturated rings. The van der Waals surface area contributed by atoms with Gasteiger partial charge in [-0.25, -0.2) is 4.79 Å². The minimum Gasteiger partial charge on any atom is -0.453 e. The Morgan fingerprint density at radius 2 is 2.21 bits per heavy atom. The summed E-state index contributed by atoms with van der Waals surface area (Å²) >= 11 is 0. The molecule has 1 N–H and O–H groups in total. The fraction of sp³-hybridized carbons (Fsp3) is 0.643. The van der Waals surface area contributed by atoms with Gasteiger partial charge in [0.25, 0.3) is 0 Å². The summed E-state index contributed by atoms with van der Waals surface area (Å²) in [7, 11) is 3.16. The molecular formula is C14H20N2O3. The Balaban J connectivity index is 1.86. The molecule has 2 bridgehead atoms. The number of hydrogen-bond acceptors (Lipinski definition) is 4. The molecule has 5 nitrogen and oxygen atoms in total. The number of allylic oxidation sites excluding steroid dienone is 2. The largest absolute Gasteiger partial charge is 0.453 e. The van der Waals surface area contributed by atoms with Gasteiger partial charge in [0, 0.05) is 25.1 Å². The monoisotopic (exact) mass is 264 g/mol. The van der Waals surface area contributed by atoms with Crippen LogP contribution in [0.2, 0.25) is 0 Å². The van der Waals surface area contributed by atoms with E-state index in [1.807, 2.05) is 29.3 Å². The van der Waals surface area contributed by atoms with Gasteiger partial charge in [-0.2, -0.15) is 0 Å². The second-order valence-corrected chi connectivity index (χ2v) is 5.38. The lowest BCUT2D eigenvalue weighted by atomic mass is 9.80. The molecule has 3 aliphatic heterocycles. The third-order valence-corrected chi connectivity index (χ3v) is 4.67. The van der Waals surface area contributed by atoms with E-state index in [1.54, 1.807) is 7.11 Å². The van der Waals surface area contributed by atoms with E-state index in [4.69, 9.17) is 9.47 Å². The average Bonchev–Trinajstić information content (AvgIpc) is 3.05. The predicted octanol–water partition coefficient (Wildman–Crippen LogP) is 1.62. The van der Waals surface area contributed by atoms with Crippen molar-refractivity contribution in [3.63, 3.8) is 0 Å². The number of hydrogen-bond donors (Lipinski definition) is 1. The van der Waals surface area contributed by atoms with Crippen LogP contribution in [0.1, 0.15) is 19.3 Å². The van der Waals surface area contributed by atoms with Crippen molar-refractivity contribution in [2.45, 2.75) is 37.1 Å². The number of fused-ring (bicyclic) bond motifs is 2. The van der Waals surface area contributed by atoms with Crippen LogP contribution < -0.4 is 5.32 Å². The van der Waals surface area contributed by atoms with Gasteiger partial charge >= 0.3 is 6.09 Å². The molecule has 5 heteroatoms. The van der Waals surface area contributed by atoms with Gasteiger partial charge in [0.1, 0.15) is 0 Å². The van der Waals surface area contributed by atoms with Gasteiger partial charge in [0.15, 0.2) is 5.72 Å². The molecule has 3 heterocycles. The lowest BCUT2D eigenvalue weighted by Gasteiger charge is -2.40. The van der Waals surface area contributed by atoms with Crippen molar-refractivity contribution in [2.75, 3.05) is 14.2 Å². The van der Waals surface area contributed by atoms with E-state index in [2.05, 4.69) is 5.32 Å². The highest BCUT2D eigenvalue weighted by Gasteiger charge is 2.56. The number of methoxy groups -OCH3 is 2. The van der Waals surface area contributed by atoms with Crippen LogP contribution >= 0.6 is 0 Å². The van der Waals surface area contributed by atoms with E-state index in [-0.39, 0.29) is 24.1 Å². The van der Waals surface area contributed by atoms with Gasteiger partial charge in [-0.05, 0) is 37.6 Å². The number of ether oxygens (including phenoxy) is 2. The summed E-state index contributed by atoms with van der Waals surface area (Å²) in [5, 5.41) is 3.32. The average molecular weight is 264 g/mol. The second kappa shape index (κ2) is 4.56. The molecule has 4 atom stereocenters. The summed E-state index contributed by atoms with van der Waals surface area (Å²) in [5.74, 6) is 0.261. The molecule has 1 amide bonds. The highest BCUT2D eigenvalue weighted by molar-refractivity contribution is 5.69. The Bertz CT molecular complexity index is 434. The predicted molar refractivity (Wildman–Crippen MR) is 70.3 cm³/mol. The van der Waals surface area contributed by atoms with Gasteiger partial charge in [-0.15, -0.1) is 0 Å². The quantitative estimate of drug-likeness (QED) is 0.823. The smallest absolute Gasteiger partial charge is 0.409 e. The molecular weight excluding hydrogens is 244 g/mol. The van der Waals surface area contributed by atoms with Gasteiger partial charge in [-0.1, -0.05) is 6.08 Å². The molecule has 0 aromatic heterocycles. The zero-order chi connectivity index (χ0) is 13.5. The van der Waals surface area contributed by atoms with Crippen LogP contribution in [0, 0.1) is 5.92 Å². The summed E-state index contributed by atoms with van der Waals surface area (Å²) < 4.78 is 10.7. The Labute approximate surface area is 113 Å². The topological polar surface area (TPSA) is 50.8 Å². The zero-order valence-electron chi connectivity index (χ0n) is 11.3. The van der Waals surface area contributed by atoms with E-state index < -0.39 is 5.72 Å². The number of carbonyl (C=O) groups excluding carboxylic acids is 1. The second-order valence-electron chi connectivity index (χ2n) is 5.38. The van der Waals surface area contributed by atoms with Crippen molar-refractivity contribution in [3.8, 4) is 0 Å². The van der Waals surface area contributed by atoms with E-state index in [0.29, 0.717) is 0 Å². The Morgan fingerprint density at radius 3 is 2.84 bits per heavy atom. The fourth-order valence-electron chi connectivity index (χ4n) is 3.83. The maximum Gasteiger partial charge on any atom is 0.409 e. The van der Waals surface area contributed by atoms with Crippen molar-refractivity contribution < 1.29 is 14.3 Å². The summed E-state index contributed by atoms with van der Waals surface area (Å²) in [6.45, 7) is 0. The summed E-state index contributed by atoms with van der Waals surface area (Å²) in [6, 6.07) is 0.483. The molecule has 4 unspecified atom stereocenters. The lowest BCUT2D eigenvalue weighted by molar-refractivity contribution is -0.0477. The van der Waals surface area contributed by atoms with Crippen molar-refractivity contribution in [1.29, 1.82) is 0 Å². The van der Waals surface area contributed by atoms with Crippen molar-refractivity contribution in [1.82, 2.24) is 10.2 Å². The molecule has 3 rings (SSSR count).